The number of amides is 1. The van der Waals surface area contributed by atoms with E-state index in [0.29, 0.717) is 44.7 Å². The largest absolute Gasteiger partial charge is 0.312 e. The molecule has 4 rings (SSSR count). The zero-order valence-electron chi connectivity index (χ0n) is 17.7. The van der Waals surface area contributed by atoms with Gasteiger partial charge in [-0.1, -0.05) is 30.3 Å². The maximum atomic E-state index is 12.9. The number of piperazine rings is 1. The van der Waals surface area contributed by atoms with Crippen molar-refractivity contribution in [3.8, 4) is 0 Å². The van der Waals surface area contributed by atoms with Gasteiger partial charge in [0.2, 0.25) is 15.9 Å². The Labute approximate surface area is 183 Å². The molecule has 2 heterocycles. The molecule has 2 aromatic carbocycles. The van der Waals surface area contributed by atoms with Crippen LogP contribution in [0, 0.1) is 0 Å². The second-order valence-corrected chi connectivity index (χ2v) is 9.94. The van der Waals surface area contributed by atoms with Crippen molar-refractivity contribution < 1.29 is 18.0 Å². The summed E-state index contributed by atoms with van der Waals surface area (Å²) in [5.41, 5.74) is 2.72. The van der Waals surface area contributed by atoms with Crippen LogP contribution in [0.3, 0.4) is 0 Å². The molecule has 1 saturated heterocycles. The summed E-state index contributed by atoms with van der Waals surface area (Å²) in [5, 5.41) is 0. The second-order valence-electron chi connectivity index (χ2n) is 8.00. The normalized spacial score (nSPS) is 17.5. The number of benzene rings is 2. The van der Waals surface area contributed by atoms with E-state index in [9.17, 15) is 18.0 Å². The number of fused-ring (bicyclic) bond motifs is 1. The quantitative estimate of drug-likeness (QED) is 0.642. The van der Waals surface area contributed by atoms with Crippen molar-refractivity contribution in [3.63, 3.8) is 0 Å². The van der Waals surface area contributed by atoms with Crippen molar-refractivity contribution in [1.29, 1.82) is 0 Å². The molecule has 1 amide bonds. The average Bonchev–Trinajstić information content (AvgIpc) is 3.22. The van der Waals surface area contributed by atoms with E-state index in [-0.39, 0.29) is 16.6 Å². The summed E-state index contributed by atoms with van der Waals surface area (Å²) in [7, 11) is -3.59. The summed E-state index contributed by atoms with van der Waals surface area (Å²) in [6.07, 6.45) is 1.32. The molecule has 0 aromatic heterocycles. The van der Waals surface area contributed by atoms with E-state index in [1.165, 1.54) is 28.9 Å². The molecule has 31 heavy (non-hydrogen) atoms. The SMILES string of the molecule is CC(=O)c1ccc(S(=O)(=O)N2CCN(CCC(=O)N3CCc4ccccc43)CC2)cc1. The van der Waals surface area contributed by atoms with Gasteiger partial charge in [0.05, 0.1) is 4.90 Å². The van der Waals surface area contributed by atoms with Gasteiger partial charge in [-0.25, -0.2) is 8.42 Å². The minimum absolute atomic E-state index is 0.0930. The van der Waals surface area contributed by atoms with Gasteiger partial charge in [0.1, 0.15) is 0 Å². The maximum absolute atomic E-state index is 12.9. The van der Waals surface area contributed by atoms with Crippen LogP contribution in [-0.2, 0) is 21.2 Å². The first-order valence-electron chi connectivity index (χ1n) is 10.6. The summed E-state index contributed by atoms with van der Waals surface area (Å²) >= 11 is 0. The van der Waals surface area contributed by atoms with Crippen LogP contribution in [0.15, 0.2) is 53.4 Å². The lowest BCUT2D eigenvalue weighted by atomic mass is 10.2. The third-order valence-electron chi connectivity index (χ3n) is 6.06. The lowest BCUT2D eigenvalue weighted by Gasteiger charge is -2.34. The smallest absolute Gasteiger partial charge is 0.243 e. The third kappa shape index (κ3) is 4.56. The van der Waals surface area contributed by atoms with E-state index in [4.69, 9.17) is 0 Å². The molecule has 2 aromatic rings. The number of nitrogens with zero attached hydrogens (tertiary/aromatic N) is 3. The molecule has 0 unspecified atom stereocenters. The van der Waals surface area contributed by atoms with Gasteiger partial charge in [0.25, 0.3) is 0 Å². The molecule has 0 saturated carbocycles. The van der Waals surface area contributed by atoms with Crippen LogP contribution < -0.4 is 4.90 Å². The minimum Gasteiger partial charge on any atom is -0.312 e. The summed E-state index contributed by atoms with van der Waals surface area (Å²) in [4.78, 5) is 28.3. The van der Waals surface area contributed by atoms with Crippen LogP contribution in [0.4, 0.5) is 5.69 Å². The topological polar surface area (TPSA) is 78.0 Å². The van der Waals surface area contributed by atoms with Gasteiger partial charge in [0, 0.05) is 56.9 Å². The van der Waals surface area contributed by atoms with Crippen LogP contribution in [0.2, 0.25) is 0 Å². The van der Waals surface area contributed by atoms with Gasteiger partial charge >= 0.3 is 0 Å². The molecule has 0 N–H and O–H groups in total. The number of para-hydroxylation sites is 1. The summed E-state index contributed by atoms with van der Waals surface area (Å²) in [5.74, 6) is 0.0232. The number of sulfonamides is 1. The van der Waals surface area contributed by atoms with Crippen molar-refractivity contribution in [1.82, 2.24) is 9.21 Å². The van der Waals surface area contributed by atoms with Gasteiger partial charge in [0.15, 0.2) is 5.78 Å². The van der Waals surface area contributed by atoms with Gasteiger partial charge in [-0.2, -0.15) is 4.31 Å². The van der Waals surface area contributed by atoms with Crippen LogP contribution in [0.25, 0.3) is 0 Å². The number of rotatable bonds is 6. The summed E-state index contributed by atoms with van der Waals surface area (Å²) < 4.78 is 27.3. The number of hydrogen-bond acceptors (Lipinski definition) is 5. The summed E-state index contributed by atoms with van der Waals surface area (Å²) in [6.45, 7) is 4.76. The molecule has 7 nitrogen and oxygen atoms in total. The Morgan fingerprint density at radius 3 is 2.26 bits per heavy atom. The van der Waals surface area contributed by atoms with E-state index in [0.717, 1.165) is 18.7 Å². The molecule has 0 radical (unpaired) electrons. The van der Waals surface area contributed by atoms with E-state index in [1.807, 2.05) is 23.1 Å². The van der Waals surface area contributed by atoms with Crippen LogP contribution in [0.5, 0.6) is 0 Å². The Bertz CT molecular complexity index is 1070. The standard InChI is InChI=1S/C23H27N3O4S/c1-18(27)19-6-8-21(9-7-19)31(29,30)25-16-14-24(15-17-25)12-11-23(28)26-13-10-20-4-2-3-5-22(20)26/h2-9H,10-17H2,1H3. The third-order valence-corrected chi connectivity index (χ3v) is 7.97. The minimum atomic E-state index is -3.59. The fourth-order valence-corrected chi connectivity index (χ4v) is 5.61. The number of ketones is 1. The molecule has 0 atom stereocenters. The fourth-order valence-electron chi connectivity index (χ4n) is 4.19. The number of Topliss-reactive ketones (excluding diaryl/α,β-unsaturated/α-hetero) is 1. The van der Waals surface area contributed by atoms with Gasteiger partial charge < -0.3 is 9.80 Å². The van der Waals surface area contributed by atoms with Crippen LogP contribution in [0.1, 0.15) is 29.3 Å². The van der Waals surface area contributed by atoms with Crippen molar-refractivity contribution in [3.05, 3.63) is 59.7 Å². The van der Waals surface area contributed by atoms with Crippen molar-refractivity contribution >= 4 is 27.4 Å². The maximum Gasteiger partial charge on any atom is 0.243 e. The number of carbonyl (C=O) groups excluding carboxylic acids is 2. The fraction of sp³-hybridized carbons (Fsp3) is 0.391. The predicted molar refractivity (Wildman–Crippen MR) is 119 cm³/mol. The van der Waals surface area contributed by atoms with Crippen molar-refractivity contribution in [2.24, 2.45) is 0 Å². The molecular formula is C23H27N3O4S. The molecule has 2 aliphatic rings. The van der Waals surface area contributed by atoms with E-state index >= 15 is 0 Å². The Kier molecular flexibility index (Phi) is 6.22. The van der Waals surface area contributed by atoms with Gasteiger partial charge in [-0.15, -0.1) is 0 Å². The van der Waals surface area contributed by atoms with E-state index < -0.39 is 10.0 Å². The molecular weight excluding hydrogens is 414 g/mol. The lowest BCUT2D eigenvalue weighted by Crippen LogP contribution is -2.49. The first-order chi connectivity index (χ1) is 14.9. The Morgan fingerprint density at radius 1 is 0.903 bits per heavy atom. The highest BCUT2D eigenvalue weighted by Crippen LogP contribution is 2.28. The van der Waals surface area contributed by atoms with Crippen molar-refractivity contribution in [2.45, 2.75) is 24.7 Å². The monoisotopic (exact) mass is 441 g/mol. The first-order valence-corrected chi connectivity index (χ1v) is 12.0. The van der Waals surface area contributed by atoms with Crippen LogP contribution in [-0.4, -0.2) is 68.6 Å². The summed E-state index contributed by atoms with van der Waals surface area (Å²) in [6, 6.07) is 14.1. The Balaban J connectivity index is 1.30. The first kappa shape index (κ1) is 21.7. The van der Waals surface area contributed by atoms with Crippen LogP contribution >= 0.6 is 0 Å². The van der Waals surface area contributed by atoms with Gasteiger partial charge in [-0.05, 0) is 37.1 Å². The van der Waals surface area contributed by atoms with Crippen molar-refractivity contribution in [2.75, 3.05) is 44.2 Å². The van der Waals surface area contributed by atoms with Gasteiger partial charge in [-0.3, -0.25) is 9.59 Å². The molecule has 0 spiro atoms. The molecule has 0 bridgehead atoms. The zero-order valence-corrected chi connectivity index (χ0v) is 18.5. The highest BCUT2D eigenvalue weighted by atomic mass is 32.2. The highest BCUT2D eigenvalue weighted by molar-refractivity contribution is 7.89. The molecule has 1 fully saturated rings. The molecule has 164 valence electrons. The molecule has 2 aliphatic heterocycles. The molecule has 0 aliphatic carbocycles. The predicted octanol–water partition coefficient (Wildman–Crippen LogP) is 2.17. The van der Waals surface area contributed by atoms with E-state index in [2.05, 4.69) is 11.0 Å². The zero-order chi connectivity index (χ0) is 22.0. The Morgan fingerprint density at radius 2 is 1.58 bits per heavy atom. The average molecular weight is 442 g/mol. The number of carbonyl (C=O) groups is 2. The number of hydrogen-bond donors (Lipinski definition) is 0. The Hall–Kier alpha value is -2.55. The number of anilines is 1. The highest BCUT2D eigenvalue weighted by Gasteiger charge is 2.29. The second kappa shape index (κ2) is 8.90. The van der Waals surface area contributed by atoms with E-state index in [1.54, 1.807) is 12.1 Å². The molecule has 8 heteroatoms. The lowest BCUT2D eigenvalue weighted by molar-refractivity contribution is -0.118.